The van der Waals surface area contributed by atoms with E-state index in [-0.39, 0.29) is 0 Å². The first-order chi connectivity index (χ1) is 12.6. The Morgan fingerprint density at radius 2 is 1.96 bits per heavy atom. The van der Waals surface area contributed by atoms with Crippen LogP contribution in [0.5, 0.6) is 0 Å². The van der Waals surface area contributed by atoms with Gasteiger partial charge in [-0.2, -0.15) is 0 Å². The second-order valence-electron chi connectivity index (χ2n) is 6.90. The van der Waals surface area contributed by atoms with Crippen molar-refractivity contribution < 1.29 is 9.53 Å². The number of nitrogens with zero attached hydrogens (tertiary/aromatic N) is 1. The fourth-order valence-corrected chi connectivity index (χ4v) is 3.48. The number of hydrogen-bond donors (Lipinski definition) is 1. The van der Waals surface area contributed by atoms with Gasteiger partial charge in [-0.1, -0.05) is 42.5 Å². The third kappa shape index (κ3) is 3.16. The number of alkyl carbamates (subject to hydrolysis) is 1. The Morgan fingerprint density at radius 1 is 1.15 bits per heavy atom. The summed E-state index contributed by atoms with van der Waals surface area (Å²) in [4.78, 5) is 13.9. The van der Waals surface area contributed by atoms with E-state index in [1.165, 1.54) is 27.1 Å². The molecule has 132 valence electrons. The van der Waals surface area contributed by atoms with Crippen molar-refractivity contribution in [1.82, 2.24) is 10.2 Å². The molecule has 0 bridgehead atoms. The standard InChI is InChI=1S/C22H22N2O2/c1-24(2)13-12-23-22(25)26-17-8-11-19-16(14-17)7-10-20-18-5-3-4-15(18)6-9-21(19)20/h3-10,14H,11-13H2,1-2H3,(H,23,25). The van der Waals surface area contributed by atoms with Crippen LogP contribution in [0.3, 0.4) is 0 Å². The van der Waals surface area contributed by atoms with Crippen molar-refractivity contribution in [3.8, 4) is 0 Å². The van der Waals surface area contributed by atoms with Gasteiger partial charge in [-0.15, -0.1) is 0 Å². The lowest BCUT2D eigenvalue weighted by Gasteiger charge is -2.15. The highest BCUT2D eigenvalue weighted by Gasteiger charge is 2.13. The zero-order valence-corrected chi connectivity index (χ0v) is 15.1. The number of carbonyl (C=O) groups excluding carboxylic acids is 1. The van der Waals surface area contributed by atoms with E-state index in [1.54, 1.807) is 0 Å². The molecule has 0 unspecified atom stereocenters. The van der Waals surface area contributed by atoms with Crippen molar-refractivity contribution in [3.63, 3.8) is 0 Å². The molecule has 0 aromatic heterocycles. The first-order valence-corrected chi connectivity index (χ1v) is 8.87. The first-order valence-electron chi connectivity index (χ1n) is 8.87. The number of rotatable bonds is 4. The van der Waals surface area contributed by atoms with Crippen LogP contribution >= 0.6 is 0 Å². The van der Waals surface area contributed by atoms with E-state index < -0.39 is 6.09 Å². The first kappa shape index (κ1) is 16.6. The number of benzene rings is 2. The average molecular weight is 346 g/mol. The van der Waals surface area contributed by atoms with Crippen LogP contribution in [0.1, 0.15) is 11.1 Å². The number of hydrogen-bond acceptors (Lipinski definition) is 3. The zero-order valence-electron chi connectivity index (χ0n) is 15.1. The minimum Gasteiger partial charge on any atom is -0.411 e. The lowest BCUT2D eigenvalue weighted by atomic mass is 9.94. The molecule has 0 saturated carbocycles. The Bertz CT molecular complexity index is 1060. The monoisotopic (exact) mass is 346 g/mol. The SMILES string of the molecule is CN(C)CCNC(=O)OC1=CCc2c(ccc3c4c(ccc23)=CC=C4)=C1. The number of fused-ring (bicyclic) bond motifs is 5. The Labute approximate surface area is 152 Å². The smallest absolute Gasteiger partial charge is 0.411 e. The Balaban J connectivity index is 1.57. The molecular weight excluding hydrogens is 324 g/mol. The van der Waals surface area contributed by atoms with Gasteiger partial charge < -0.3 is 15.0 Å². The van der Waals surface area contributed by atoms with Gasteiger partial charge in [0.2, 0.25) is 0 Å². The molecule has 0 aliphatic heterocycles. The summed E-state index contributed by atoms with van der Waals surface area (Å²) in [5, 5.41) is 7.69. The van der Waals surface area contributed by atoms with E-state index in [2.05, 4.69) is 47.8 Å². The Morgan fingerprint density at radius 3 is 2.81 bits per heavy atom. The molecule has 2 aliphatic carbocycles. The highest BCUT2D eigenvalue weighted by molar-refractivity contribution is 5.96. The van der Waals surface area contributed by atoms with Crippen molar-refractivity contribution in [2.24, 2.45) is 0 Å². The van der Waals surface area contributed by atoms with Crippen LogP contribution in [0.4, 0.5) is 4.79 Å². The van der Waals surface area contributed by atoms with Crippen molar-refractivity contribution in [2.75, 3.05) is 27.2 Å². The number of ether oxygens (including phenoxy) is 1. The van der Waals surface area contributed by atoms with Gasteiger partial charge in [-0.25, -0.2) is 4.79 Å². The van der Waals surface area contributed by atoms with E-state index >= 15 is 0 Å². The van der Waals surface area contributed by atoms with Crippen molar-refractivity contribution >= 4 is 35.1 Å². The second kappa shape index (κ2) is 6.81. The number of carbonyl (C=O) groups is 1. The molecule has 1 N–H and O–H groups in total. The van der Waals surface area contributed by atoms with E-state index in [1.807, 2.05) is 31.1 Å². The fourth-order valence-electron chi connectivity index (χ4n) is 3.48. The van der Waals surface area contributed by atoms with E-state index in [0.29, 0.717) is 12.3 Å². The van der Waals surface area contributed by atoms with E-state index in [0.717, 1.165) is 18.2 Å². The maximum absolute atomic E-state index is 11.9. The van der Waals surface area contributed by atoms with Crippen LogP contribution in [0.15, 0.2) is 42.2 Å². The quantitative estimate of drug-likeness (QED) is 0.922. The normalized spacial score (nSPS) is 14.3. The average Bonchev–Trinajstić information content (AvgIpc) is 3.09. The Hall–Kier alpha value is -2.85. The molecule has 0 saturated heterocycles. The number of amides is 1. The minimum atomic E-state index is -0.405. The number of nitrogens with one attached hydrogen (secondary N) is 1. The molecule has 0 fully saturated rings. The highest BCUT2D eigenvalue weighted by Crippen LogP contribution is 2.23. The van der Waals surface area contributed by atoms with Gasteiger partial charge in [0.15, 0.2) is 0 Å². The van der Waals surface area contributed by atoms with Crippen LogP contribution in [0, 0.1) is 0 Å². The predicted molar refractivity (Wildman–Crippen MR) is 106 cm³/mol. The summed E-state index contributed by atoms with van der Waals surface area (Å²) in [7, 11) is 3.93. The third-order valence-electron chi connectivity index (χ3n) is 4.81. The molecule has 2 aromatic rings. The molecule has 1 amide bonds. The number of likely N-dealkylation sites (N-methyl/N-ethyl adjacent to an activating group) is 1. The lowest BCUT2D eigenvalue weighted by Crippen LogP contribution is -2.31. The van der Waals surface area contributed by atoms with E-state index in [9.17, 15) is 4.79 Å². The maximum Gasteiger partial charge on any atom is 0.412 e. The molecule has 2 aliphatic rings. The molecule has 26 heavy (non-hydrogen) atoms. The van der Waals surface area contributed by atoms with Gasteiger partial charge in [-0.3, -0.25) is 0 Å². The Kier molecular flexibility index (Phi) is 4.35. The van der Waals surface area contributed by atoms with Gasteiger partial charge in [0, 0.05) is 13.1 Å². The van der Waals surface area contributed by atoms with Gasteiger partial charge in [0.05, 0.1) is 0 Å². The predicted octanol–water partition coefficient (Wildman–Crippen LogP) is 2.16. The van der Waals surface area contributed by atoms with Gasteiger partial charge in [0.25, 0.3) is 0 Å². The molecule has 4 heteroatoms. The van der Waals surface area contributed by atoms with E-state index in [4.69, 9.17) is 4.74 Å². The van der Waals surface area contributed by atoms with Crippen molar-refractivity contribution in [1.29, 1.82) is 0 Å². The van der Waals surface area contributed by atoms with Crippen molar-refractivity contribution in [3.05, 3.63) is 63.7 Å². The largest absolute Gasteiger partial charge is 0.412 e. The van der Waals surface area contributed by atoms with Crippen LogP contribution in [-0.2, 0) is 11.2 Å². The summed E-state index contributed by atoms with van der Waals surface area (Å²) in [6, 6.07) is 8.64. The molecule has 2 aromatic carbocycles. The second-order valence-corrected chi connectivity index (χ2v) is 6.90. The lowest BCUT2D eigenvalue weighted by molar-refractivity contribution is 0.179. The van der Waals surface area contributed by atoms with Crippen LogP contribution in [0.2, 0.25) is 0 Å². The molecule has 4 rings (SSSR count). The molecule has 0 heterocycles. The molecule has 0 radical (unpaired) electrons. The molecule has 4 nitrogen and oxygen atoms in total. The summed E-state index contributed by atoms with van der Waals surface area (Å²) in [5.41, 5.74) is 2.57. The van der Waals surface area contributed by atoms with Crippen molar-refractivity contribution in [2.45, 2.75) is 6.42 Å². The summed E-state index contributed by atoms with van der Waals surface area (Å²) in [6.45, 7) is 1.35. The van der Waals surface area contributed by atoms with Gasteiger partial charge in [0.1, 0.15) is 5.76 Å². The van der Waals surface area contributed by atoms with Gasteiger partial charge in [-0.05, 0) is 65.0 Å². The van der Waals surface area contributed by atoms with Crippen LogP contribution in [-0.4, -0.2) is 38.2 Å². The van der Waals surface area contributed by atoms with Crippen LogP contribution in [0.25, 0.3) is 29.0 Å². The summed E-state index contributed by atoms with van der Waals surface area (Å²) < 4.78 is 5.44. The molecular formula is C22H22N2O2. The molecule has 0 spiro atoms. The maximum atomic E-state index is 11.9. The summed E-state index contributed by atoms with van der Waals surface area (Å²) in [6.07, 6.45) is 10.7. The topological polar surface area (TPSA) is 41.6 Å². The van der Waals surface area contributed by atoms with Gasteiger partial charge >= 0.3 is 6.09 Å². The number of allylic oxidation sites excluding steroid dienone is 3. The molecule has 0 atom stereocenters. The highest BCUT2D eigenvalue weighted by atomic mass is 16.6. The summed E-state index contributed by atoms with van der Waals surface area (Å²) >= 11 is 0. The third-order valence-corrected chi connectivity index (χ3v) is 4.81. The summed E-state index contributed by atoms with van der Waals surface area (Å²) in [5.74, 6) is 0.605. The fraction of sp³-hybridized carbons (Fsp3) is 0.227. The minimum absolute atomic E-state index is 0.405. The van der Waals surface area contributed by atoms with Crippen LogP contribution < -0.4 is 15.8 Å². The zero-order chi connectivity index (χ0) is 18.1.